The Morgan fingerprint density at radius 2 is 1.92 bits per heavy atom. The highest BCUT2D eigenvalue weighted by Crippen LogP contribution is 2.28. The minimum Gasteiger partial charge on any atom is -0.495 e. The molecule has 0 radical (unpaired) electrons. The Kier molecular flexibility index (Phi) is 5.26. The third-order valence-corrected chi connectivity index (χ3v) is 5.19. The molecule has 3 rings (SSSR count). The van der Waals surface area contributed by atoms with Crippen LogP contribution in [0.4, 0.5) is 5.69 Å². The number of carbonyl (C=O) groups is 1. The molecule has 6 heteroatoms. The van der Waals surface area contributed by atoms with Crippen molar-refractivity contribution in [3.8, 4) is 5.75 Å². The van der Waals surface area contributed by atoms with Crippen LogP contribution in [0, 0.1) is 5.92 Å². The molecule has 0 bridgehead atoms. The predicted octanol–water partition coefficient (Wildman–Crippen LogP) is 1.23. The summed E-state index contributed by atoms with van der Waals surface area (Å²) < 4.78 is 5.47. The first-order valence-electron chi connectivity index (χ1n) is 8.82. The standard InChI is InChI=1S/C18H28N4O2/c1-4-14-13(2)19-18(20-17(14)23)22-11-9-21(10-12-22)15-7-5-6-8-16(15)24-3/h5-8,13-14,18-19H,4,9-12H2,1-3H3,(H,20,23). The second-order valence-electron chi connectivity index (χ2n) is 6.58. The monoisotopic (exact) mass is 332 g/mol. The van der Waals surface area contributed by atoms with Crippen LogP contribution in [0.15, 0.2) is 24.3 Å². The Hall–Kier alpha value is -1.79. The first kappa shape index (κ1) is 17.0. The minimum absolute atomic E-state index is 0.0601. The van der Waals surface area contributed by atoms with Crippen LogP contribution in [-0.4, -0.2) is 56.4 Å². The van der Waals surface area contributed by atoms with Gasteiger partial charge >= 0.3 is 0 Å². The highest BCUT2D eigenvalue weighted by atomic mass is 16.5. The SMILES string of the molecule is CCC1C(=O)NC(N2CCN(c3ccccc3OC)CC2)NC1C. The summed E-state index contributed by atoms with van der Waals surface area (Å²) in [6.45, 7) is 7.80. The fraction of sp³-hybridized carbons (Fsp3) is 0.611. The first-order valence-corrected chi connectivity index (χ1v) is 8.82. The van der Waals surface area contributed by atoms with E-state index in [0.29, 0.717) is 0 Å². The van der Waals surface area contributed by atoms with Gasteiger partial charge in [-0.15, -0.1) is 0 Å². The van der Waals surface area contributed by atoms with Crippen molar-refractivity contribution in [2.45, 2.75) is 32.6 Å². The van der Waals surface area contributed by atoms with Gasteiger partial charge in [0.2, 0.25) is 5.91 Å². The van der Waals surface area contributed by atoms with Gasteiger partial charge in [0.25, 0.3) is 0 Å². The van der Waals surface area contributed by atoms with Crippen molar-refractivity contribution in [2.24, 2.45) is 5.92 Å². The van der Waals surface area contributed by atoms with Crippen LogP contribution in [-0.2, 0) is 4.79 Å². The van der Waals surface area contributed by atoms with Crippen LogP contribution in [0.5, 0.6) is 5.75 Å². The van der Waals surface area contributed by atoms with E-state index in [9.17, 15) is 4.79 Å². The molecule has 6 nitrogen and oxygen atoms in total. The first-order chi connectivity index (χ1) is 11.6. The number of ether oxygens (including phenoxy) is 1. The van der Waals surface area contributed by atoms with Gasteiger partial charge in [0.1, 0.15) is 12.0 Å². The molecule has 0 aromatic heterocycles. The Morgan fingerprint density at radius 1 is 1.21 bits per heavy atom. The number of nitrogens with one attached hydrogen (secondary N) is 2. The van der Waals surface area contributed by atoms with Crippen LogP contribution in [0.1, 0.15) is 20.3 Å². The second kappa shape index (κ2) is 7.40. The highest BCUT2D eigenvalue weighted by Gasteiger charge is 2.35. The number of methoxy groups -OCH3 is 1. The van der Waals surface area contributed by atoms with E-state index in [2.05, 4.69) is 40.3 Å². The summed E-state index contributed by atoms with van der Waals surface area (Å²) in [5.41, 5.74) is 1.14. The van der Waals surface area contributed by atoms with Gasteiger partial charge in [-0.1, -0.05) is 19.1 Å². The number of amides is 1. The number of para-hydroxylation sites is 2. The van der Waals surface area contributed by atoms with E-state index in [-0.39, 0.29) is 24.2 Å². The molecule has 2 aliphatic rings. The number of hydrogen-bond donors (Lipinski definition) is 2. The lowest BCUT2D eigenvalue weighted by Crippen LogP contribution is -2.68. The molecule has 1 amide bonds. The van der Waals surface area contributed by atoms with Crippen molar-refractivity contribution < 1.29 is 9.53 Å². The molecule has 2 N–H and O–H groups in total. The van der Waals surface area contributed by atoms with E-state index >= 15 is 0 Å². The van der Waals surface area contributed by atoms with Crippen molar-refractivity contribution in [2.75, 3.05) is 38.2 Å². The molecule has 132 valence electrons. The molecule has 3 atom stereocenters. The fourth-order valence-electron chi connectivity index (χ4n) is 3.72. The maximum absolute atomic E-state index is 12.3. The number of rotatable bonds is 4. The van der Waals surface area contributed by atoms with Gasteiger partial charge in [0.15, 0.2) is 0 Å². The maximum Gasteiger partial charge on any atom is 0.226 e. The van der Waals surface area contributed by atoms with Crippen molar-refractivity contribution in [3.05, 3.63) is 24.3 Å². The molecular formula is C18H28N4O2. The molecule has 24 heavy (non-hydrogen) atoms. The lowest BCUT2D eigenvalue weighted by atomic mass is 9.95. The van der Waals surface area contributed by atoms with E-state index in [1.807, 2.05) is 18.2 Å². The Labute approximate surface area is 144 Å². The molecule has 2 fully saturated rings. The molecule has 0 aliphatic carbocycles. The molecule has 1 aromatic carbocycles. The third-order valence-electron chi connectivity index (χ3n) is 5.19. The fourth-order valence-corrected chi connectivity index (χ4v) is 3.72. The van der Waals surface area contributed by atoms with E-state index in [1.165, 1.54) is 0 Å². The zero-order valence-corrected chi connectivity index (χ0v) is 14.8. The summed E-state index contributed by atoms with van der Waals surface area (Å²) in [7, 11) is 1.71. The maximum atomic E-state index is 12.3. The Morgan fingerprint density at radius 3 is 2.54 bits per heavy atom. The van der Waals surface area contributed by atoms with Gasteiger partial charge in [-0.2, -0.15) is 0 Å². The zero-order valence-electron chi connectivity index (χ0n) is 14.8. The molecule has 0 spiro atoms. The summed E-state index contributed by atoms with van der Waals surface area (Å²) in [6, 6.07) is 8.34. The van der Waals surface area contributed by atoms with E-state index in [4.69, 9.17) is 4.74 Å². The van der Waals surface area contributed by atoms with Gasteiger partial charge in [-0.25, -0.2) is 0 Å². The Balaban J connectivity index is 1.60. The number of carbonyl (C=O) groups excluding carboxylic acids is 1. The Bertz CT molecular complexity index is 572. The number of benzene rings is 1. The summed E-state index contributed by atoms with van der Waals surface area (Å²) in [5, 5.41) is 6.67. The second-order valence-corrected chi connectivity index (χ2v) is 6.58. The lowest BCUT2D eigenvalue weighted by Gasteiger charge is -2.44. The molecule has 2 heterocycles. The molecule has 1 aromatic rings. The van der Waals surface area contributed by atoms with Crippen LogP contribution in [0.3, 0.4) is 0 Å². The molecular weight excluding hydrogens is 304 g/mol. The molecule has 0 saturated carbocycles. The minimum atomic E-state index is -0.0601. The van der Waals surface area contributed by atoms with E-state index < -0.39 is 0 Å². The normalized spacial score (nSPS) is 28.5. The molecule has 2 aliphatic heterocycles. The summed E-state index contributed by atoms with van der Waals surface area (Å²) in [6.07, 6.45) is 0.809. The summed E-state index contributed by atoms with van der Waals surface area (Å²) >= 11 is 0. The number of hydrogen-bond acceptors (Lipinski definition) is 5. The molecule has 3 unspecified atom stereocenters. The smallest absolute Gasteiger partial charge is 0.226 e. The van der Waals surface area contributed by atoms with Crippen LogP contribution < -0.4 is 20.3 Å². The van der Waals surface area contributed by atoms with Crippen molar-refractivity contribution >= 4 is 11.6 Å². The molecule has 2 saturated heterocycles. The summed E-state index contributed by atoms with van der Waals surface area (Å²) in [5.74, 6) is 1.14. The number of nitrogens with zero attached hydrogens (tertiary/aromatic N) is 2. The predicted molar refractivity (Wildman–Crippen MR) is 95.1 cm³/mol. The van der Waals surface area contributed by atoms with Crippen LogP contribution >= 0.6 is 0 Å². The topological polar surface area (TPSA) is 56.8 Å². The van der Waals surface area contributed by atoms with Crippen LogP contribution in [0.25, 0.3) is 0 Å². The lowest BCUT2D eigenvalue weighted by molar-refractivity contribution is -0.132. The van der Waals surface area contributed by atoms with Crippen molar-refractivity contribution in [1.29, 1.82) is 0 Å². The number of piperazine rings is 1. The van der Waals surface area contributed by atoms with Crippen molar-refractivity contribution in [3.63, 3.8) is 0 Å². The van der Waals surface area contributed by atoms with Crippen molar-refractivity contribution in [1.82, 2.24) is 15.5 Å². The van der Waals surface area contributed by atoms with Gasteiger partial charge < -0.3 is 15.0 Å². The van der Waals surface area contributed by atoms with E-state index in [1.54, 1.807) is 7.11 Å². The van der Waals surface area contributed by atoms with Gasteiger partial charge in [-0.05, 0) is 25.5 Å². The quantitative estimate of drug-likeness (QED) is 0.869. The zero-order chi connectivity index (χ0) is 17.1. The van der Waals surface area contributed by atoms with E-state index in [0.717, 1.165) is 44.0 Å². The average molecular weight is 332 g/mol. The van der Waals surface area contributed by atoms with Gasteiger partial charge in [0, 0.05) is 32.2 Å². The van der Waals surface area contributed by atoms with Gasteiger partial charge in [-0.3, -0.25) is 15.0 Å². The van der Waals surface area contributed by atoms with Gasteiger partial charge in [0.05, 0.1) is 18.7 Å². The summed E-state index contributed by atoms with van der Waals surface area (Å²) in [4.78, 5) is 16.9. The average Bonchev–Trinajstić information content (AvgIpc) is 2.61. The third kappa shape index (κ3) is 3.35. The highest BCUT2D eigenvalue weighted by molar-refractivity contribution is 5.80. The largest absolute Gasteiger partial charge is 0.495 e. The number of anilines is 1. The van der Waals surface area contributed by atoms with Crippen LogP contribution in [0.2, 0.25) is 0 Å².